The second kappa shape index (κ2) is 8.67. The first-order chi connectivity index (χ1) is 8.22. The lowest BCUT2D eigenvalue weighted by Crippen LogP contribution is -2.40. The lowest BCUT2D eigenvalue weighted by Gasteiger charge is -2.33. The van der Waals surface area contributed by atoms with Crippen molar-refractivity contribution < 1.29 is 4.74 Å². The molecule has 1 N–H and O–H groups in total. The molecule has 0 bridgehead atoms. The van der Waals surface area contributed by atoms with Gasteiger partial charge in [0.05, 0.1) is 6.61 Å². The molecule has 1 rings (SSSR count). The van der Waals surface area contributed by atoms with E-state index in [-0.39, 0.29) is 0 Å². The van der Waals surface area contributed by atoms with E-state index in [0.717, 1.165) is 32.0 Å². The normalized spacial score (nSPS) is 21.6. The lowest BCUT2D eigenvalue weighted by atomic mass is 9.97. The van der Waals surface area contributed by atoms with Crippen molar-refractivity contribution in [2.45, 2.75) is 26.2 Å². The fraction of sp³-hybridized carbons (Fsp3) is 0.857. The van der Waals surface area contributed by atoms with Gasteiger partial charge in [0, 0.05) is 26.7 Å². The first-order valence-electron chi connectivity index (χ1n) is 6.78. The molecule has 0 radical (unpaired) electrons. The van der Waals surface area contributed by atoms with Gasteiger partial charge in [-0.2, -0.15) is 0 Å². The number of ether oxygens (including phenoxy) is 1. The molecule has 1 saturated heterocycles. The third-order valence-electron chi connectivity index (χ3n) is 3.37. The average molecular weight is 240 g/mol. The molecule has 3 nitrogen and oxygen atoms in total. The van der Waals surface area contributed by atoms with Crippen molar-refractivity contribution in [3.63, 3.8) is 0 Å². The van der Waals surface area contributed by atoms with Crippen LogP contribution in [0, 0.1) is 5.92 Å². The zero-order chi connectivity index (χ0) is 12.5. The second-order valence-corrected chi connectivity index (χ2v) is 5.21. The summed E-state index contributed by atoms with van der Waals surface area (Å²) in [6, 6.07) is 0. The monoisotopic (exact) mass is 240 g/mol. The summed E-state index contributed by atoms with van der Waals surface area (Å²) in [5.41, 5.74) is 1.30. The Morgan fingerprint density at radius 3 is 3.06 bits per heavy atom. The summed E-state index contributed by atoms with van der Waals surface area (Å²) in [5, 5.41) is 3.47. The van der Waals surface area contributed by atoms with Crippen LogP contribution in [-0.2, 0) is 4.74 Å². The van der Waals surface area contributed by atoms with E-state index < -0.39 is 0 Å². The van der Waals surface area contributed by atoms with Crippen molar-refractivity contribution in [3.8, 4) is 0 Å². The molecule has 1 fully saturated rings. The molecule has 1 heterocycles. The molecular formula is C14H28N2O. The number of piperidine rings is 1. The van der Waals surface area contributed by atoms with E-state index in [9.17, 15) is 0 Å². The Balaban J connectivity index is 2.12. The molecular weight excluding hydrogens is 212 g/mol. The van der Waals surface area contributed by atoms with E-state index in [4.69, 9.17) is 4.74 Å². The Morgan fingerprint density at radius 1 is 1.53 bits per heavy atom. The number of likely N-dealkylation sites (tertiary alicyclic amines) is 1. The van der Waals surface area contributed by atoms with Crippen LogP contribution in [0.3, 0.4) is 0 Å². The Labute approximate surface area is 106 Å². The molecule has 0 aliphatic carbocycles. The van der Waals surface area contributed by atoms with E-state index >= 15 is 0 Å². The number of rotatable bonds is 8. The second-order valence-electron chi connectivity index (χ2n) is 5.21. The Bertz CT molecular complexity index is 218. The number of nitrogens with zero attached hydrogens (tertiary/aromatic N) is 1. The Morgan fingerprint density at radius 2 is 2.35 bits per heavy atom. The molecule has 0 aromatic carbocycles. The fourth-order valence-corrected chi connectivity index (χ4v) is 2.35. The summed E-state index contributed by atoms with van der Waals surface area (Å²) in [6.45, 7) is 12.7. The molecule has 0 aromatic rings. The molecule has 1 unspecified atom stereocenters. The minimum atomic E-state index is 0.811. The van der Waals surface area contributed by atoms with Gasteiger partial charge in [-0.15, -0.1) is 6.58 Å². The summed E-state index contributed by atoms with van der Waals surface area (Å²) >= 11 is 0. The molecule has 17 heavy (non-hydrogen) atoms. The van der Waals surface area contributed by atoms with Crippen LogP contribution in [-0.4, -0.2) is 51.3 Å². The van der Waals surface area contributed by atoms with E-state index in [2.05, 4.69) is 23.7 Å². The molecule has 0 spiro atoms. The number of methoxy groups -OCH3 is 1. The van der Waals surface area contributed by atoms with Crippen molar-refractivity contribution in [2.75, 3.05) is 46.4 Å². The average Bonchev–Trinajstić information content (AvgIpc) is 2.33. The number of hydrogen-bond acceptors (Lipinski definition) is 3. The zero-order valence-electron chi connectivity index (χ0n) is 11.5. The van der Waals surface area contributed by atoms with Crippen LogP contribution >= 0.6 is 0 Å². The van der Waals surface area contributed by atoms with E-state index in [1.165, 1.54) is 38.0 Å². The van der Waals surface area contributed by atoms with Gasteiger partial charge in [-0.05, 0) is 45.2 Å². The molecule has 100 valence electrons. The first-order valence-corrected chi connectivity index (χ1v) is 6.78. The van der Waals surface area contributed by atoms with Crippen LogP contribution in [0.1, 0.15) is 26.2 Å². The lowest BCUT2D eigenvalue weighted by molar-refractivity contribution is 0.166. The predicted octanol–water partition coefficient (Wildman–Crippen LogP) is 1.90. The molecule has 0 aromatic heterocycles. The van der Waals surface area contributed by atoms with Gasteiger partial charge in [-0.3, -0.25) is 0 Å². The van der Waals surface area contributed by atoms with Gasteiger partial charge in [0.1, 0.15) is 0 Å². The molecule has 3 heteroatoms. The van der Waals surface area contributed by atoms with Crippen LogP contribution in [0.25, 0.3) is 0 Å². The SMILES string of the molecule is C=C(C)CCN1CCCC(CNCCOC)C1. The van der Waals surface area contributed by atoms with E-state index in [1.807, 2.05) is 0 Å². The van der Waals surface area contributed by atoms with Crippen LogP contribution in [0.2, 0.25) is 0 Å². The summed E-state index contributed by atoms with van der Waals surface area (Å²) < 4.78 is 5.03. The maximum Gasteiger partial charge on any atom is 0.0587 e. The molecule has 1 atom stereocenters. The smallest absolute Gasteiger partial charge is 0.0587 e. The van der Waals surface area contributed by atoms with Crippen molar-refractivity contribution in [1.82, 2.24) is 10.2 Å². The highest BCUT2D eigenvalue weighted by molar-refractivity contribution is 4.89. The van der Waals surface area contributed by atoms with Gasteiger partial charge in [0.2, 0.25) is 0 Å². The maximum absolute atomic E-state index is 5.03. The highest BCUT2D eigenvalue weighted by atomic mass is 16.5. The zero-order valence-corrected chi connectivity index (χ0v) is 11.5. The Kier molecular flexibility index (Phi) is 7.49. The quantitative estimate of drug-likeness (QED) is 0.518. The minimum Gasteiger partial charge on any atom is -0.383 e. The third-order valence-corrected chi connectivity index (χ3v) is 3.37. The van der Waals surface area contributed by atoms with Gasteiger partial charge in [0.25, 0.3) is 0 Å². The van der Waals surface area contributed by atoms with Gasteiger partial charge in [-0.25, -0.2) is 0 Å². The van der Waals surface area contributed by atoms with Gasteiger partial charge >= 0.3 is 0 Å². The van der Waals surface area contributed by atoms with Crippen LogP contribution in [0.15, 0.2) is 12.2 Å². The van der Waals surface area contributed by atoms with Crippen LogP contribution < -0.4 is 5.32 Å². The highest BCUT2D eigenvalue weighted by Crippen LogP contribution is 2.16. The number of nitrogens with one attached hydrogen (secondary N) is 1. The fourth-order valence-electron chi connectivity index (χ4n) is 2.35. The van der Waals surface area contributed by atoms with Crippen molar-refractivity contribution in [2.24, 2.45) is 5.92 Å². The Hall–Kier alpha value is -0.380. The van der Waals surface area contributed by atoms with Gasteiger partial charge in [-0.1, -0.05) is 5.57 Å². The standard InChI is InChI=1S/C14H28N2O/c1-13(2)6-9-16-8-4-5-14(12-16)11-15-7-10-17-3/h14-15H,1,4-12H2,2-3H3. The summed E-state index contributed by atoms with van der Waals surface area (Å²) in [7, 11) is 1.75. The van der Waals surface area contributed by atoms with Crippen LogP contribution in [0.5, 0.6) is 0 Å². The molecule has 1 aliphatic rings. The van der Waals surface area contributed by atoms with Gasteiger partial charge < -0.3 is 15.0 Å². The van der Waals surface area contributed by atoms with Crippen molar-refractivity contribution in [1.29, 1.82) is 0 Å². The number of hydrogen-bond donors (Lipinski definition) is 1. The largest absolute Gasteiger partial charge is 0.383 e. The predicted molar refractivity (Wildman–Crippen MR) is 73.3 cm³/mol. The summed E-state index contributed by atoms with van der Waals surface area (Å²) in [5.74, 6) is 0.811. The summed E-state index contributed by atoms with van der Waals surface area (Å²) in [6.07, 6.45) is 3.85. The topological polar surface area (TPSA) is 24.5 Å². The first kappa shape index (κ1) is 14.7. The highest BCUT2D eigenvalue weighted by Gasteiger charge is 2.18. The van der Waals surface area contributed by atoms with E-state index in [0.29, 0.717) is 0 Å². The van der Waals surface area contributed by atoms with Crippen molar-refractivity contribution in [3.05, 3.63) is 12.2 Å². The maximum atomic E-state index is 5.03. The van der Waals surface area contributed by atoms with Gasteiger partial charge in [0.15, 0.2) is 0 Å². The summed E-state index contributed by atoms with van der Waals surface area (Å²) in [4.78, 5) is 2.58. The molecule has 0 amide bonds. The molecule has 1 aliphatic heterocycles. The van der Waals surface area contributed by atoms with E-state index in [1.54, 1.807) is 7.11 Å². The minimum absolute atomic E-state index is 0.811. The van der Waals surface area contributed by atoms with Crippen LogP contribution in [0.4, 0.5) is 0 Å². The molecule has 0 saturated carbocycles. The third kappa shape index (κ3) is 6.81. The van der Waals surface area contributed by atoms with Crippen molar-refractivity contribution >= 4 is 0 Å².